The average molecular weight is 967 g/mol. The molecule has 396 valence electrons. The minimum Gasteiger partial charge on any atom is -0.462 e. The Bertz CT molecular complexity index is 1490. The predicted molar refractivity (Wildman–Crippen MR) is 277 cm³/mol. The van der Waals surface area contributed by atoms with Crippen molar-refractivity contribution in [2.24, 2.45) is 34.5 Å². The Morgan fingerprint density at radius 3 is 1.51 bits per heavy atom. The Hall–Kier alpha value is -2.71. The molecule has 0 saturated heterocycles. The van der Waals surface area contributed by atoms with Crippen molar-refractivity contribution in [3.8, 4) is 0 Å². The van der Waals surface area contributed by atoms with Gasteiger partial charge in [0, 0.05) is 37.5 Å². The number of unbranched alkanes of at least 4 members (excludes halogenated alkanes) is 24. The van der Waals surface area contributed by atoms with Crippen LogP contribution in [0.2, 0.25) is 0 Å². The lowest BCUT2D eigenvalue weighted by molar-refractivity contribution is -0.168. The van der Waals surface area contributed by atoms with E-state index >= 15 is 0 Å². The van der Waals surface area contributed by atoms with Crippen molar-refractivity contribution in [3.63, 3.8) is 0 Å². The number of hydrogen-bond donors (Lipinski definition) is 0. The molecular weight excluding hydrogens is 865 g/mol. The molecule has 69 heavy (non-hydrogen) atoms. The van der Waals surface area contributed by atoms with Gasteiger partial charge in [0.15, 0.2) is 11.9 Å². The molecule has 0 heterocycles. The van der Waals surface area contributed by atoms with Crippen LogP contribution >= 0.6 is 0 Å². The van der Waals surface area contributed by atoms with Gasteiger partial charge in [0.05, 0.1) is 0 Å². The average Bonchev–Trinajstić information content (AvgIpc) is 3.65. The second-order valence-corrected chi connectivity index (χ2v) is 23.0. The summed E-state index contributed by atoms with van der Waals surface area (Å²) in [7, 11) is 0. The molecule has 3 fully saturated rings. The van der Waals surface area contributed by atoms with Crippen molar-refractivity contribution in [3.05, 3.63) is 11.6 Å². The first-order valence-electron chi connectivity index (χ1n) is 29.3. The third-order valence-corrected chi connectivity index (χ3v) is 17.3. The number of carbonyl (C=O) groups is 5. The summed E-state index contributed by atoms with van der Waals surface area (Å²) in [6, 6.07) is 0. The first-order chi connectivity index (χ1) is 33.4. The SMILES string of the molecule is CCCCCCCCCCCCCCCC(=O)OCC(COC(=O)CCCCCCCCCCCCCCC)OC(=O)CC(C)CC(=O)OC1CC[C@H]2[C@@H]3CCC4=CC(=O)CC[C@]4(C)[C@H]3CC[C@]12C. The van der Waals surface area contributed by atoms with Gasteiger partial charge >= 0.3 is 23.9 Å². The van der Waals surface area contributed by atoms with Crippen molar-refractivity contribution in [1.29, 1.82) is 0 Å². The first-order valence-corrected chi connectivity index (χ1v) is 29.3. The second kappa shape index (κ2) is 33.1. The van der Waals surface area contributed by atoms with Gasteiger partial charge in [-0.2, -0.15) is 0 Å². The van der Waals surface area contributed by atoms with E-state index in [1.807, 2.05) is 13.0 Å². The normalized spacial score (nSPS) is 24.5. The Morgan fingerprint density at radius 2 is 1.01 bits per heavy atom. The van der Waals surface area contributed by atoms with Gasteiger partial charge in [0.2, 0.25) is 0 Å². The number of fused-ring (bicyclic) bond motifs is 5. The van der Waals surface area contributed by atoms with Crippen LogP contribution in [0.15, 0.2) is 11.6 Å². The van der Waals surface area contributed by atoms with Crippen LogP contribution in [0.3, 0.4) is 0 Å². The standard InChI is InChI=1S/C60H102O9/c1-6-8-10-12-14-16-18-20-22-24-26-28-30-32-55(62)66-45-50(46-67-56(63)33-31-29-27-25-23-21-19-17-15-13-11-9-7-2)68-57(64)42-47(3)43-58(65)69-54-37-36-52-51-35-34-48-44-49(61)38-40-59(48,4)53(51)39-41-60(52,54)5/h44,47,50-54H,6-43,45-46H2,1-5H3/t47?,51-,52-,53-,54?,59-,60-/m0/s1. The molecule has 7 atom stereocenters. The van der Waals surface area contributed by atoms with Crippen molar-refractivity contribution in [1.82, 2.24) is 0 Å². The van der Waals surface area contributed by atoms with Crippen molar-refractivity contribution in [2.75, 3.05) is 13.2 Å². The highest BCUT2D eigenvalue weighted by Gasteiger charge is 2.60. The molecule has 4 aliphatic rings. The lowest BCUT2D eigenvalue weighted by Crippen LogP contribution is -2.51. The molecule has 0 aromatic rings. The molecule has 3 saturated carbocycles. The molecule has 4 aliphatic carbocycles. The number of ketones is 1. The highest BCUT2D eigenvalue weighted by atomic mass is 16.6. The minimum absolute atomic E-state index is 0.00331. The molecule has 4 rings (SSSR count). The summed E-state index contributed by atoms with van der Waals surface area (Å²) < 4.78 is 23.3. The molecule has 0 aliphatic heterocycles. The third kappa shape index (κ3) is 21.1. The van der Waals surface area contributed by atoms with Crippen molar-refractivity contribution in [2.45, 2.75) is 291 Å². The molecular formula is C60H102O9. The number of rotatable bonds is 38. The number of allylic oxidation sites excluding steroid dienone is 1. The van der Waals surface area contributed by atoms with Crippen LogP contribution in [0, 0.1) is 34.5 Å². The number of esters is 4. The van der Waals surface area contributed by atoms with Gasteiger partial charge < -0.3 is 18.9 Å². The molecule has 0 radical (unpaired) electrons. The van der Waals surface area contributed by atoms with E-state index in [4.69, 9.17) is 18.9 Å². The Labute approximate surface area is 421 Å². The monoisotopic (exact) mass is 967 g/mol. The first kappa shape index (κ1) is 58.9. The van der Waals surface area contributed by atoms with Gasteiger partial charge in [-0.05, 0) is 93.0 Å². The van der Waals surface area contributed by atoms with E-state index in [2.05, 4.69) is 27.7 Å². The number of ether oxygens (including phenoxy) is 4. The maximum atomic E-state index is 13.5. The van der Waals surface area contributed by atoms with Gasteiger partial charge in [-0.3, -0.25) is 24.0 Å². The van der Waals surface area contributed by atoms with Crippen molar-refractivity contribution < 1.29 is 42.9 Å². The Morgan fingerprint density at radius 1 is 0.551 bits per heavy atom. The fraction of sp³-hybridized carbons (Fsp3) is 0.883. The van der Waals surface area contributed by atoms with Gasteiger partial charge in [0.1, 0.15) is 19.3 Å². The fourth-order valence-electron chi connectivity index (χ4n) is 13.0. The summed E-state index contributed by atoms with van der Waals surface area (Å²) in [6.45, 7) is 10.7. The van der Waals surface area contributed by atoms with E-state index in [0.717, 1.165) is 83.5 Å². The number of carbonyl (C=O) groups excluding carboxylic acids is 5. The molecule has 0 amide bonds. The molecule has 9 heteroatoms. The van der Waals surface area contributed by atoms with E-state index in [1.165, 1.54) is 134 Å². The second-order valence-electron chi connectivity index (χ2n) is 23.0. The molecule has 0 N–H and O–H groups in total. The lowest BCUT2D eigenvalue weighted by Gasteiger charge is -2.57. The van der Waals surface area contributed by atoms with Crippen LogP contribution in [0.5, 0.6) is 0 Å². The fourth-order valence-corrected chi connectivity index (χ4v) is 13.0. The van der Waals surface area contributed by atoms with Gasteiger partial charge in [-0.1, -0.05) is 194 Å². The van der Waals surface area contributed by atoms with Crippen LogP contribution in [-0.2, 0) is 42.9 Å². The zero-order valence-corrected chi connectivity index (χ0v) is 45.0. The maximum absolute atomic E-state index is 13.5. The van der Waals surface area contributed by atoms with Gasteiger partial charge in [-0.25, -0.2) is 0 Å². The van der Waals surface area contributed by atoms with Crippen LogP contribution in [0.25, 0.3) is 0 Å². The summed E-state index contributed by atoms with van der Waals surface area (Å²) in [5.74, 6) is 0.149. The summed E-state index contributed by atoms with van der Waals surface area (Å²) in [6.07, 6.45) is 41.2. The minimum atomic E-state index is -0.920. The summed E-state index contributed by atoms with van der Waals surface area (Å²) in [4.78, 5) is 64.7. The van der Waals surface area contributed by atoms with E-state index in [-0.39, 0.29) is 72.6 Å². The Balaban J connectivity index is 1.16. The molecule has 0 aromatic heterocycles. The molecule has 0 aromatic carbocycles. The molecule has 2 unspecified atom stereocenters. The van der Waals surface area contributed by atoms with E-state index in [1.54, 1.807) is 0 Å². The quantitative estimate of drug-likeness (QED) is 0.0338. The van der Waals surface area contributed by atoms with Gasteiger partial charge in [0.25, 0.3) is 0 Å². The lowest BCUT2D eigenvalue weighted by atomic mass is 9.47. The Kier molecular flexibility index (Phi) is 28.2. The smallest absolute Gasteiger partial charge is 0.306 e. The number of hydrogen-bond acceptors (Lipinski definition) is 9. The summed E-state index contributed by atoms with van der Waals surface area (Å²) >= 11 is 0. The van der Waals surface area contributed by atoms with Crippen molar-refractivity contribution >= 4 is 29.7 Å². The van der Waals surface area contributed by atoms with Crippen LogP contribution in [0.1, 0.15) is 279 Å². The summed E-state index contributed by atoms with van der Waals surface area (Å²) in [5, 5.41) is 0. The topological polar surface area (TPSA) is 122 Å². The van der Waals surface area contributed by atoms with Gasteiger partial charge in [-0.15, -0.1) is 0 Å². The molecule has 0 spiro atoms. The maximum Gasteiger partial charge on any atom is 0.306 e. The molecule has 0 bridgehead atoms. The third-order valence-electron chi connectivity index (χ3n) is 17.3. The van der Waals surface area contributed by atoms with Crippen LogP contribution in [-0.4, -0.2) is 55.1 Å². The largest absolute Gasteiger partial charge is 0.462 e. The van der Waals surface area contributed by atoms with Crippen LogP contribution in [0.4, 0.5) is 0 Å². The van der Waals surface area contributed by atoms with E-state index in [9.17, 15) is 24.0 Å². The van der Waals surface area contributed by atoms with E-state index in [0.29, 0.717) is 37.0 Å². The predicted octanol–water partition coefficient (Wildman–Crippen LogP) is 15.8. The molecule has 9 nitrogen and oxygen atoms in total. The van der Waals surface area contributed by atoms with E-state index < -0.39 is 12.1 Å². The zero-order chi connectivity index (χ0) is 49.7. The summed E-state index contributed by atoms with van der Waals surface area (Å²) in [5.41, 5.74) is 1.41. The zero-order valence-electron chi connectivity index (χ0n) is 45.0. The highest BCUT2D eigenvalue weighted by molar-refractivity contribution is 5.91. The highest BCUT2D eigenvalue weighted by Crippen LogP contribution is 2.65. The van der Waals surface area contributed by atoms with Crippen LogP contribution < -0.4 is 0 Å².